The molecule has 1 fully saturated rings. The van der Waals surface area contributed by atoms with Crippen molar-refractivity contribution >= 4 is 11.8 Å². The SMILES string of the molecule is COc1cc2c(c(OC)c1OC)-c1ccc(SC)c(=O)cc1[C@@H](NC1OCC(O)C(O)C1O)CC2. The summed E-state index contributed by atoms with van der Waals surface area (Å²) in [5.74, 6) is 1.49. The first-order valence-corrected chi connectivity index (χ1v) is 12.5. The second-order valence-corrected chi connectivity index (χ2v) is 9.37. The number of benzene rings is 1. The summed E-state index contributed by atoms with van der Waals surface area (Å²) in [7, 11) is 4.67. The van der Waals surface area contributed by atoms with Gasteiger partial charge in [-0.15, -0.1) is 11.8 Å². The minimum atomic E-state index is -1.35. The van der Waals surface area contributed by atoms with Gasteiger partial charge in [0.1, 0.15) is 24.5 Å². The van der Waals surface area contributed by atoms with Crippen LogP contribution < -0.4 is 25.0 Å². The lowest BCUT2D eigenvalue weighted by atomic mass is 9.95. The molecule has 0 spiro atoms. The lowest BCUT2D eigenvalue weighted by Gasteiger charge is -2.37. The van der Waals surface area contributed by atoms with E-state index < -0.39 is 30.6 Å². The first kappa shape index (κ1) is 25.7. The summed E-state index contributed by atoms with van der Waals surface area (Å²) in [6.45, 7) is -0.121. The molecule has 190 valence electrons. The lowest BCUT2D eigenvalue weighted by Crippen LogP contribution is -2.58. The summed E-state index contributed by atoms with van der Waals surface area (Å²) in [5.41, 5.74) is 3.10. The highest BCUT2D eigenvalue weighted by Gasteiger charge is 2.39. The van der Waals surface area contributed by atoms with Crippen LogP contribution >= 0.6 is 11.8 Å². The van der Waals surface area contributed by atoms with Crippen LogP contribution in [0.1, 0.15) is 23.6 Å². The van der Waals surface area contributed by atoms with E-state index in [0.717, 1.165) is 16.7 Å². The second-order valence-electron chi connectivity index (χ2n) is 8.52. The van der Waals surface area contributed by atoms with Crippen LogP contribution in [0.5, 0.6) is 17.2 Å². The minimum Gasteiger partial charge on any atom is -0.493 e. The Balaban J connectivity index is 1.90. The number of aryl methyl sites for hydroxylation is 1. The Morgan fingerprint density at radius 1 is 1.03 bits per heavy atom. The first-order valence-electron chi connectivity index (χ1n) is 11.3. The number of rotatable bonds is 6. The topological polar surface area (TPSA) is 127 Å². The van der Waals surface area contributed by atoms with Crippen LogP contribution in [0, 0.1) is 0 Å². The molecule has 35 heavy (non-hydrogen) atoms. The maximum Gasteiger partial charge on any atom is 0.203 e. The van der Waals surface area contributed by atoms with Crippen LogP contribution in [0.25, 0.3) is 11.1 Å². The molecule has 10 heteroatoms. The third-order valence-electron chi connectivity index (χ3n) is 6.59. The van der Waals surface area contributed by atoms with Gasteiger partial charge in [-0.05, 0) is 54.0 Å². The van der Waals surface area contributed by atoms with E-state index in [1.54, 1.807) is 33.5 Å². The molecule has 2 aromatic rings. The summed E-state index contributed by atoms with van der Waals surface area (Å²) in [6, 6.07) is 6.79. The summed E-state index contributed by atoms with van der Waals surface area (Å²) in [6.07, 6.45) is -1.79. The molecule has 0 aromatic heterocycles. The van der Waals surface area contributed by atoms with Crippen molar-refractivity contribution in [2.24, 2.45) is 0 Å². The van der Waals surface area contributed by atoms with Crippen molar-refractivity contribution in [1.82, 2.24) is 5.32 Å². The fourth-order valence-corrected chi connectivity index (χ4v) is 5.26. The van der Waals surface area contributed by atoms with Crippen molar-refractivity contribution < 1.29 is 34.3 Å². The van der Waals surface area contributed by atoms with E-state index in [1.807, 2.05) is 18.4 Å². The van der Waals surface area contributed by atoms with Crippen molar-refractivity contribution in [3.63, 3.8) is 0 Å². The number of aliphatic hydroxyl groups excluding tert-OH is 3. The Bertz CT molecular complexity index is 1140. The van der Waals surface area contributed by atoms with E-state index in [1.165, 1.54) is 11.8 Å². The predicted octanol–water partition coefficient (Wildman–Crippen LogP) is 1.48. The number of ether oxygens (including phenoxy) is 4. The van der Waals surface area contributed by atoms with Crippen LogP contribution in [0.2, 0.25) is 0 Å². The Hall–Kier alpha value is -2.34. The highest BCUT2D eigenvalue weighted by atomic mass is 32.2. The van der Waals surface area contributed by atoms with Gasteiger partial charge in [0.15, 0.2) is 16.9 Å². The van der Waals surface area contributed by atoms with E-state index >= 15 is 0 Å². The summed E-state index contributed by atoms with van der Waals surface area (Å²) < 4.78 is 22.6. The van der Waals surface area contributed by atoms with Gasteiger partial charge in [-0.1, -0.05) is 6.07 Å². The molecular formula is C25H31NO8S. The fraction of sp³-hybridized carbons (Fsp3) is 0.480. The molecule has 9 nitrogen and oxygen atoms in total. The number of fused-ring (bicyclic) bond motifs is 3. The number of aliphatic hydroxyl groups is 3. The molecular weight excluding hydrogens is 474 g/mol. The van der Waals surface area contributed by atoms with Gasteiger partial charge in [-0.25, -0.2) is 0 Å². The Morgan fingerprint density at radius 2 is 1.77 bits per heavy atom. The number of hydrogen-bond acceptors (Lipinski definition) is 10. The van der Waals surface area contributed by atoms with Crippen LogP contribution in [-0.4, -0.2) is 74.1 Å². The fourth-order valence-electron chi connectivity index (χ4n) is 4.79. The zero-order valence-corrected chi connectivity index (χ0v) is 20.9. The van der Waals surface area contributed by atoms with E-state index in [-0.39, 0.29) is 12.0 Å². The molecule has 0 saturated carbocycles. The third kappa shape index (κ3) is 4.74. The molecule has 0 amide bonds. The standard InChI is InChI=1S/C25H31NO8S/c1-31-18-9-12-5-7-15(26-25-22(30)21(29)17(28)11-34-25)14-10-16(27)19(35-4)8-6-13(14)20(12)24(33-3)23(18)32-2/h6,8-10,15,17,21-22,25-26,28-30H,5,7,11H2,1-4H3/t15-,17?,21?,22?,25?/m0/s1. The largest absolute Gasteiger partial charge is 0.493 e. The zero-order valence-electron chi connectivity index (χ0n) is 20.1. The van der Waals surface area contributed by atoms with E-state index in [0.29, 0.717) is 40.5 Å². The molecule has 1 aliphatic carbocycles. The maximum atomic E-state index is 13.0. The van der Waals surface area contributed by atoms with Crippen molar-refractivity contribution in [1.29, 1.82) is 0 Å². The predicted molar refractivity (Wildman–Crippen MR) is 132 cm³/mol. The average molecular weight is 506 g/mol. The molecule has 5 atom stereocenters. The lowest BCUT2D eigenvalue weighted by molar-refractivity contribution is -0.197. The van der Waals surface area contributed by atoms with Gasteiger partial charge >= 0.3 is 0 Å². The van der Waals surface area contributed by atoms with Gasteiger partial charge in [0.25, 0.3) is 0 Å². The number of thioether (sulfide) groups is 1. The molecule has 2 aromatic carbocycles. The monoisotopic (exact) mass is 505 g/mol. The zero-order chi connectivity index (χ0) is 25.3. The number of methoxy groups -OCH3 is 3. The molecule has 0 radical (unpaired) electrons. The summed E-state index contributed by atoms with van der Waals surface area (Å²) in [5, 5.41) is 33.8. The van der Waals surface area contributed by atoms with E-state index in [4.69, 9.17) is 18.9 Å². The normalized spacial score (nSPS) is 25.7. The van der Waals surface area contributed by atoms with Crippen LogP contribution in [0.4, 0.5) is 0 Å². The van der Waals surface area contributed by atoms with E-state index in [2.05, 4.69) is 5.32 Å². The molecule has 1 aliphatic heterocycles. The smallest absolute Gasteiger partial charge is 0.203 e. The average Bonchev–Trinajstić information content (AvgIpc) is 3.11. The Labute approximate surface area is 208 Å². The molecule has 2 aliphatic rings. The first-order chi connectivity index (χ1) is 16.8. The summed E-state index contributed by atoms with van der Waals surface area (Å²) >= 11 is 1.36. The van der Waals surface area contributed by atoms with Gasteiger partial charge in [-0.3, -0.25) is 10.1 Å². The van der Waals surface area contributed by atoms with Crippen molar-refractivity contribution in [2.45, 2.75) is 48.3 Å². The molecule has 1 heterocycles. The third-order valence-corrected chi connectivity index (χ3v) is 7.36. The molecule has 4 unspecified atom stereocenters. The van der Waals surface area contributed by atoms with Crippen molar-refractivity contribution in [2.75, 3.05) is 34.2 Å². The highest BCUT2D eigenvalue weighted by Crippen LogP contribution is 2.50. The molecule has 1 saturated heterocycles. The minimum absolute atomic E-state index is 0.121. The van der Waals surface area contributed by atoms with Crippen molar-refractivity contribution in [3.05, 3.63) is 45.6 Å². The second kappa shape index (κ2) is 10.7. The highest BCUT2D eigenvalue weighted by molar-refractivity contribution is 7.98. The molecule has 0 bridgehead atoms. The van der Waals surface area contributed by atoms with Crippen LogP contribution in [0.15, 0.2) is 34.0 Å². The number of nitrogens with one attached hydrogen (secondary N) is 1. The van der Waals surface area contributed by atoms with Crippen LogP contribution in [-0.2, 0) is 11.2 Å². The van der Waals surface area contributed by atoms with Gasteiger partial charge in [0, 0.05) is 11.6 Å². The number of hydrogen-bond donors (Lipinski definition) is 4. The van der Waals surface area contributed by atoms with Crippen LogP contribution in [0.3, 0.4) is 0 Å². The Morgan fingerprint density at radius 3 is 2.43 bits per heavy atom. The molecule has 4 rings (SSSR count). The molecule has 4 N–H and O–H groups in total. The van der Waals surface area contributed by atoms with Gasteiger partial charge in [0.2, 0.25) is 5.75 Å². The van der Waals surface area contributed by atoms with Gasteiger partial charge < -0.3 is 34.3 Å². The van der Waals surface area contributed by atoms with Crippen molar-refractivity contribution in [3.8, 4) is 28.4 Å². The maximum absolute atomic E-state index is 13.0. The summed E-state index contributed by atoms with van der Waals surface area (Å²) in [4.78, 5) is 13.6. The van der Waals surface area contributed by atoms with Gasteiger partial charge in [-0.2, -0.15) is 0 Å². The van der Waals surface area contributed by atoms with E-state index in [9.17, 15) is 20.1 Å². The van der Waals surface area contributed by atoms with Gasteiger partial charge in [0.05, 0.1) is 32.8 Å². The Kier molecular flexibility index (Phi) is 7.89. The quantitative estimate of drug-likeness (QED) is 0.429.